The van der Waals surface area contributed by atoms with Crippen LogP contribution < -0.4 is 5.32 Å². The molecule has 0 bridgehead atoms. The fraction of sp³-hybridized carbons (Fsp3) is 0.286. The third kappa shape index (κ3) is 4.47. The molecule has 20 heavy (non-hydrogen) atoms. The third-order valence-corrected chi connectivity index (χ3v) is 3.34. The van der Waals surface area contributed by atoms with Crippen LogP contribution in [0.25, 0.3) is 0 Å². The van der Waals surface area contributed by atoms with Crippen molar-refractivity contribution in [2.75, 3.05) is 31.6 Å². The van der Waals surface area contributed by atoms with E-state index in [0.29, 0.717) is 32.0 Å². The lowest BCUT2D eigenvalue weighted by Crippen LogP contribution is -2.39. The molecular formula is C14H15BrN2O3. The Bertz CT molecular complexity index is 508. The van der Waals surface area contributed by atoms with Crippen LogP contribution in [-0.2, 0) is 14.3 Å². The fourth-order valence-electron chi connectivity index (χ4n) is 1.75. The van der Waals surface area contributed by atoms with Crippen molar-refractivity contribution in [3.8, 4) is 0 Å². The molecule has 1 aromatic rings. The number of nitrogens with one attached hydrogen (secondary N) is 1. The summed E-state index contributed by atoms with van der Waals surface area (Å²) < 4.78 is 6.10. The molecule has 6 heteroatoms. The Labute approximate surface area is 125 Å². The first kappa shape index (κ1) is 14.7. The van der Waals surface area contributed by atoms with Crippen LogP contribution in [0.4, 0.5) is 5.69 Å². The van der Waals surface area contributed by atoms with Gasteiger partial charge in [0.15, 0.2) is 0 Å². The lowest BCUT2D eigenvalue weighted by Gasteiger charge is -2.25. The number of amides is 2. The van der Waals surface area contributed by atoms with Gasteiger partial charge in [-0.25, -0.2) is 0 Å². The van der Waals surface area contributed by atoms with Crippen LogP contribution in [0.1, 0.15) is 0 Å². The molecule has 0 radical (unpaired) electrons. The molecular weight excluding hydrogens is 324 g/mol. The molecule has 0 spiro atoms. The molecule has 0 aliphatic carbocycles. The zero-order valence-corrected chi connectivity index (χ0v) is 12.4. The highest BCUT2D eigenvalue weighted by atomic mass is 79.9. The van der Waals surface area contributed by atoms with Crippen LogP contribution in [0, 0.1) is 0 Å². The van der Waals surface area contributed by atoms with Crippen LogP contribution in [0.2, 0.25) is 0 Å². The van der Waals surface area contributed by atoms with Gasteiger partial charge in [0.2, 0.25) is 11.8 Å². The fourth-order valence-corrected chi connectivity index (χ4v) is 2.02. The number of ether oxygens (including phenoxy) is 1. The topological polar surface area (TPSA) is 58.6 Å². The number of halogens is 1. The predicted molar refractivity (Wildman–Crippen MR) is 79.3 cm³/mol. The summed E-state index contributed by atoms with van der Waals surface area (Å²) in [5.74, 6) is -0.492. The van der Waals surface area contributed by atoms with Crippen LogP contribution in [-0.4, -0.2) is 43.0 Å². The molecule has 1 N–H and O–H groups in total. The molecule has 1 fully saturated rings. The molecule has 5 nitrogen and oxygen atoms in total. The highest BCUT2D eigenvalue weighted by Gasteiger charge is 2.14. The molecule has 1 aliphatic heterocycles. The molecule has 0 unspecified atom stereocenters. The largest absolute Gasteiger partial charge is 0.378 e. The molecule has 2 amide bonds. The first-order valence-electron chi connectivity index (χ1n) is 6.26. The highest BCUT2D eigenvalue weighted by Crippen LogP contribution is 2.13. The summed E-state index contributed by atoms with van der Waals surface area (Å²) in [6, 6.07) is 7.22. The van der Waals surface area contributed by atoms with Gasteiger partial charge in [0.05, 0.1) is 13.2 Å². The van der Waals surface area contributed by atoms with E-state index in [2.05, 4.69) is 21.2 Å². The molecule has 0 atom stereocenters. The number of hydrogen-bond acceptors (Lipinski definition) is 3. The first-order chi connectivity index (χ1) is 9.65. The Hall–Kier alpha value is -1.66. The van der Waals surface area contributed by atoms with Gasteiger partial charge in [-0.15, -0.1) is 0 Å². The second-order valence-corrected chi connectivity index (χ2v) is 5.18. The van der Waals surface area contributed by atoms with E-state index in [0.717, 1.165) is 4.47 Å². The van der Waals surface area contributed by atoms with E-state index in [1.165, 1.54) is 12.2 Å². The second-order valence-electron chi connectivity index (χ2n) is 4.27. The number of morpholine rings is 1. The Kier molecular flexibility index (Phi) is 5.31. The highest BCUT2D eigenvalue weighted by molar-refractivity contribution is 9.10. The van der Waals surface area contributed by atoms with Crippen molar-refractivity contribution in [2.24, 2.45) is 0 Å². The standard InChI is InChI=1S/C14H15BrN2O3/c15-11-1-3-12(4-2-11)16-13(18)5-6-14(19)17-7-9-20-10-8-17/h1-6H,7-10H2,(H,16,18). The molecule has 1 aromatic carbocycles. The summed E-state index contributed by atoms with van der Waals surface area (Å²) in [4.78, 5) is 25.1. The Morgan fingerprint density at radius 3 is 2.45 bits per heavy atom. The maximum atomic E-state index is 11.8. The van der Waals surface area contributed by atoms with Gasteiger partial charge in [-0.2, -0.15) is 0 Å². The van der Waals surface area contributed by atoms with Crippen molar-refractivity contribution in [2.45, 2.75) is 0 Å². The second kappa shape index (κ2) is 7.21. The number of hydrogen-bond donors (Lipinski definition) is 1. The summed E-state index contributed by atoms with van der Waals surface area (Å²) >= 11 is 3.32. The number of carbonyl (C=O) groups is 2. The normalized spacial score (nSPS) is 15.3. The molecule has 0 aromatic heterocycles. The summed E-state index contributed by atoms with van der Waals surface area (Å²) in [6.45, 7) is 2.23. The molecule has 1 heterocycles. The maximum Gasteiger partial charge on any atom is 0.248 e. The minimum Gasteiger partial charge on any atom is -0.378 e. The number of benzene rings is 1. The molecule has 0 saturated carbocycles. The van der Waals surface area contributed by atoms with Crippen molar-refractivity contribution in [3.05, 3.63) is 40.9 Å². The summed E-state index contributed by atoms with van der Waals surface area (Å²) in [5, 5.41) is 2.69. The van der Waals surface area contributed by atoms with Gasteiger partial charge in [0.1, 0.15) is 0 Å². The van der Waals surface area contributed by atoms with E-state index in [1.807, 2.05) is 12.1 Å². The third-order valence-electron chi connectivity index (χ3n) is 2.81. The maximum absolute atomic E-state index is 11.8. The van der Waals surface area contributed by atoms with Gasteiger partial charge < -0.3 is 15.0 Å². The number of anilines is 1. The average molecular weight is 339 g/mol. The summed E-state index contributed by atoms with van der Waals surface area (Å²) in [7, 11) is 0. The van der Waals surface area contributed by atoms with Crippen molar-refractivity contribution in [3.63, 3.8) is 0 Å². The lowest BCUT2D eigenvalue weighted by atomic mass is 10.3. The van der Waals surface area contributed by atoms with Crippen molar-refractivity contribution in [1.29, 1.82) is 0 Å². The molecule has 1 saturated heterocycles. The van der Waals surface area contributed by atoms with E-state index in [1.54, 1.807) is 17.0 Å². The Balaban J connectivity index is 1.85. The monoisotopic (exact) mass is 338 g/mol. The number of carbonyl (C=O) groups excluding carboxylic acids is 2. The predicted octanol–water partition coefficient (Wildman–Crippen LogP) is 1.80. The average Bonchev–Trinajstić information content (AvgIpc) is 2.48. The summed E-state index contributed by atoms with van der Waals surface area (Å²) in [6.07, 6.45) is 2.54. The van der Waals surface area contributed by atoms with Gasteiger partial charge in [-0.05, 0) is 24.3 Å². The van der Waals surface area contributed by atoms with Crippen LogP contribution >= 0.6 is 15.9 Å². The van der Waals surface area contributed by atoms with Crippen LogP contribution in [0.15, 0.2) is 40.9 Å². The smallest absolute Gasteiger partial charge is 0.248 e. The van der Waals surface area contributed by atoms with Gasteiger partial charge in [0, 0.05) is 35.4 Å². The van der Waals surface area contributed by atoms with Crippen molar-refractivity contribution in [1.82, 2.24) is 4.90 Å². The Morgan fingerprint density at radius 1 is 1.15 bits per heavy atom. The number of nitrogens with zero attached hydrogens (tertiary/aromatic N) is 1. The van der Waals surface area contributed by atoms with Gasteiger partial charge in [0.25, 0.3) is 0 Å². The minimum atomic E-state index is -0.325. The van der Waals surface area contributed by atoms with Crippen LogP contribution in [0.5, 0.6) is 0 Å². The van der Waals surface area contributed by atoms with E-state index in [4.69, 9.17) is 4.74 Å². The lowest BCUT2D eigenvalue weighted by molar-refractivity contribution is -0.130. The van der Waals surface area contributed by atoms with E-state index < -0.39 is 0 Å². The van der Waals surface area contributed by atoms with Gasteiger partial charge >= 0.3 is 0 Å². The van der Waals surface area contributed by atoms with Crippen molar-refractivity contribution >= 4 is 33.4 Å². The molecule has 2 rings (SSSR count). The van der Waals surface area contributed by atoms with E-state index in [-0.39, 0.29) is 11.8 Å². The number of rotatable bonds is 3. The first-order valence-corrected chi connectivity index (χ1v) is 7.06. The quantitative estimate of drug-likeness (QED) is 0.855. The zero-order valence-electron chi connectivity index (χ0n) is 10.8. The minimum absolute atomic E-state index is 0.167. The summed E-state index contributed by atoms with van der Waals surface area (Å²) in [5.41, 5.74) is 0.682. The van der Waals surface area contributed by atoms with E-state index >= 15 is 0 Å². The SMILES string of the molecule is O=C(C=CC(=O)N1CCOCC1)Nc1ccc(Br)cc1. The van der Waals surface area contributed by atoms with Gasteiger partial charge in [-0.3, -0.25) is 9.59 Å². The molecule has 1 aliphatic rings. The Morgan fingerprint density at radius 2 is 1.80 bits per heavy atom. The molecule has 106 valence electrons. The van der Waals surface area contributed by atoms with E-state index in [9.17, 15) is 9.59 Å². The van der Waals surface area contributed by atoms with Crippen molar-refractivity contribution < 1.29 is 14.3 Å². The van der Waals surface area contributed by atoms with Gasteiger partial charge in [-0.1, -0.05) is 15.9 Å². The zero-order chi connectivity index (χ0) is 14.4. The van der Waals surface area contributed by atoms with Crippen LogP contribution in [0.3, 0.4) is 0 Å².